The Balaban J connectivity index is 2.35. The fourth-order valence-electron chi connectivity index (χ4n) is 1.50. The van der Waals surface area contributed by atoms with Crippen molar-refractivity contribution in [3.05, 3.63) is 28.2 Å². The normalized spacial score (nSPS) is 19.3. The molecule has 1 aliphatic rings. The minimum atomic E-state index is -0.585. The number of hydrazine groups is 1. The van der Waals surface area contributed by atoms with Crippen LogP contribution in [0, 0.1) is 0 Å². The average molecular weight is 258 g/mol. The fraction of sp³-hybridized carbons (Fsp3) is 0.200. The second kappa shape index (κ2) is 4.31. The number of nitrogens with one attached hydrogen (secondary N) is 1. The number of carbonyl (C=O) groups is 1. The molecule has 0 saturated carbocycles. The number of amidine groups is 1. The lowest BCUT2D eigenvalue weighted by molar-refractivity contribution is -0.108. The number of halogens is 2. The molecule has 4 nitrogen and oxygen atoms in total. The van der Waals surface area contributed by atoms with E-state index in [4.69, 9.17) is 23.2 Å². The summed E-state index contributed by atoms with van der Waals surface area (Å²) in [5.74, 6) is 0.670. The summed E-state index contributed by atoms with van der Waals surface area (Å²) in [5, 5.41) is 2.62. The Morgan fingerprint density at radius 3 is 2.88 bits per heavy atom. The van der Waals surface area contributed by atoms with Crippen molar-refractivity contribution < 1.29 is 4.79 Å². The lowest BCUT2D eigenvalue weighted by atomic mass is 10.3. The van der Waals surface area contributed by atoms with E-state index in [1.54, 1.807) is 30.1 Å². The van der Waals surface area contributed by atoms with Crippen molar-refractivity contribution in [1.29, 1.82) is 0 Å². The highest BCUT2D eigenvalue weighted by atomic mass is 35.5. The number of hydrogen-bond donors (Lipinski definition) is 1. The van der Waals surface area contributed by atoms with E-state index in [0.29, 0.717) is 21.6 Å². The predicted octanol–water partition coefficient (Wildman–Crippen LogP) is 2.26. The number of nitrogens with zero attached hydrogens (tertiary/aromatic N) is 2. The van der Waals surface area contributed by atoms with Gasteiger partial charge in [-0.25, -0.2) is 4.99 Å². The number of carbonyl (C=O) groups excluding carboxylic acids is 1. The minimum absolute atomic E-state index is 0.469. The lowest BCUT2D eigenvalue weighted by Crippen LogP contribution is -2.41. The third-order valence-electron chi connectivity index (χ3n) is 2.16. The Labute approximate surface area is 103 Å². The Bertz CT molecular complexity index is 461. The van der Waals surface area contributed by atoms with Gasteiger partial charge in [-0.05, 0) is 25.1 Å². The van der Waals surface area contributed by atoms with Crippen molar-refractivity contribution in [2.24, 2.45) is 4.99 Å². The van der Waals surface area contributed by atoms with E-state index in [0.717, 1.165) is 6.29 Å². The fourth-order valence-corrected chi connectivity index (χ4v) is 2.00. The molecule has 1 atom stereocenters. The number of aliphatic imine (C=N–C) groups is 1. The molecule has 6 heteroatoms. The first-order valence-corrected chi connectivity index (χ1v) is 5.38. The molecule has 1 aliphatic heterocycles. The van der Waals surface area contributed by atoms with Gasteiger partial charge < -0.3 is 0 Å². The van der Waals surface area contributed by atoms with Gasteiger partial charge in [-0.15, -0.1) is 0 Å². The molecule has 0 amide bonds. The molecule has 0 radical (unpaired) electrons. The van der Waals surface area contributed by atoms with Crippen LogP contribution in [0.5, 0.6) is 0 Å². The highest BCUT2D eigenvalue weighted by Crippen LogP contribution is 2.30. The van der Waals surface area contributed by atoms with Crippen molar-refractivity contribution in [2.75, 3.05) is 5.01 Å². The number of rotatable bonds is 2. The summed E-state index contributed by atoms with van der Waals surface area (Å²) >= 11 is 11.8. The zero-order chi connectivity index (χ0) is 11.7. The number of benzene rings is 1. The standard InChI is InChI=1S/C10H9Cl2N3O/c1-6-13-10(5-16)15(14-6)9-3-2-7(11)4-8(9)12/h2-5,10H,1H3,(H,13,14). The molecule has 0 saturated heterocycles. The van der Waals surface area contributed by atoms with Gasteiger partial charge in [0.15, 0.2) is 12.5 Å². The van der Waals surface area contributed by atoms with E-state index < -0.39 is 6.17 Å². The number of anilines is 1. The predicted molar refractivity (Wildman–Crippen MR) is 65.0 cm³/mol. The third kappa shape index (κ3) is 1.99. The molecular weight excluding hydrogens is 249 g/mol. The van der Waals surface area contributed by atoms with Crippen LogP contribution in [0.2, 0.25) is 10.0 Å². The topological polar surface area (TPSA) is 44.7 Å². The van der Waals surface area contributed by atoms with Gasteiger partial charge >= 0.3 is 0 Å². The van der Waals surface area contributed by atoms with Gasteiger partial charge in [0.25, 0.3) is 0 Å². The summed E-state index contributed by atoms with van der Waals surface area (Å²) < 4.78 is 0. The minimum Gasteiger partial charge on any atom is -0.299 e. The zero-order valence-electron chi connectivity index (χ0n) is 8.45. The Kier molecular flexibility index (Phi) is 3.03. The molecule has 0 aromatic heterocycles. The van der Waals surface area contributed by atoms with Gasteiger partial charge in [0.2, 0.25) is 0 Å². The van der Waals surface area contributed by atoms with Crippen molar-refractivity contribution in [2.45, 2.75) is 13.1 Å². The first kappa shape index (κ1) is 11.2. The van der Waals surface area contributed by atoms with Gasteiger partial charge in [-0.3, -0.25) is 15.2 Å². The summed E-state index contributed by atoms with van der Waals surface area (Å²) in [6.07, 6.45) is 0.160. The van der Waals surface area contributed by atoms with E-state index in [2.05, 4.69) is 10.4 Å². The second-order valence-electron chi connectivity index (χ2n) is 3.34. The van der Waals surface area contributed by atoms with Crippen LogP contribution in [0.25, 0.3) is 0 Å². The first-order chi connectivity index (χ1) is 7.61. The molecular formula is C10H9Cl2N3O. The molecule has 0 aliphatic carbocycles. The van der Waals surface area contributed by atoms with Crippen LogP contribution in [0.3, 0.4) is 0 Å². The molecule has 0 fully saturated rings. The smallest absolute Gasteiger partial charge is 0.197 e. The van der Waals surface area contributed by atoms with Crippen molar-refractivity contribution in [3.63, 3.8) is 0 Å². The molecule has 0 bridgehead atoms. The molecule has 1 aromatic rings. The molecule has 1 N–H and O–H groups in total. The largest absolute Gasteiger partial charge is 0.299 e. The maximum atomic E-state index is 10.9. The SMILES string of the molecule is CC1=NC(C=O)N(c2ccc(Cl)cc2Cl)N1. The zero-order valence-corrected chi connectivity index (χ0v) is 9.96. The molecule has 0 spiro atoms. The van der Waals surface area contributed by atoms with E-state index in [9.17, 15) is 4.79 Å². The van der Waals surface area contributed by atoms with Crippen LogP contribution in [-0.2, 0) is 4.79 Å². The molecule has 1 heterocycles. The Morgan fingerprint density at radius 1 is 1.50 bits per heavy atom. The molecule has 1 aromatic carbocycles. The van der Waals surface area contributed by atoms with Crippen molar-refractivity contribution in [1.82, 2.24) is 5.43 Å². The van der Waals surface area contributed by atoms with Gasteiger partial charge in [-0.2, -0.15) is 0 Å². The van der Waals surface area contributed by atoms with E-state index >= 15 is 0 Å². The Morgan fingerprint density at radius 2 is 2.25 bits per heavy atom. The van der Waals surface area contributed by atoms with Crippen LogP contribution in [0.15, 0.2) is 23.2 Å². The second-order valence-corrected chi connectivity index (χ2v) is 4.19. The lowest BCUT2D eigenvalue weighted by Gasteiger charge is -2.22. The summed E-state index contributed by atoms with van der Waals surface area (Å²) in [4.78, 5) is 15.0. The van der Waals surface area contributed by atoms with E-state index in [1.165, 1.54) is 0 Å². The number of hydrogen-bond acceptors (Lipinski definition) is 4. The summed E-state index contributed by atoms with van der Waals surface area (Å²) in [5.41, 5.74) is 3.63. The average Bonchev–Trinajstić information content (AvgIpc) is 2.59. The quantitative estimate of drug-likeness (QED) is 0.827. The molecule has 1 unspecified atom stereocenters. The number of aldehydes is 1. The van der Waals surface area contributed by atoms with Gasteiger partial charge in [0, 0.05) is 5.02 Å². The van der Waals surface area contributed by atoms with Crippen LogP contribution in [0.1, 0.15) is 6.92 Å². The Hall–Kier alpha value is -1.26. The summed E-state index contributed by atoms with van der Waals surface area (Å²) in [7, 11) is 0. The highest BCUT2D eigenvalue weighted by molar-refractivity contribution is 6.36. The summed E-state index contributed by atoms with van der Waals surface area (Å²) in [6, 6.07) is 5.07. The van der Waals surface area contributed by atoms with Crippen LogP contribution in [-0.4, -0.2) is 18.3 Å². The maximum absolute atomic E-state index is 10.9. The van der Waals surface area contributed by atoms with Crippen LogP contribution >= 0.6 is 23.2 Å². The highest BCUT2D eigenvalue weighted by Gasteiger charge is 2.25. The van der Waals surface area contributed by atoms with Gasteiger partial charge in [0.1, 0.15) is 5.84 Å². The van der Waals surface area contributed by atoms with Crippen LogP contribution in [0.4, 0.5) is 5.69 Å². The maximum Gasteiger partial charge on any atom is 0.197 e. The van der Waals surface area contributed by atoms with Gasteiger partial charge in [-0.1, -0.05) is 23.2 Å². The van der Waals surface area contributed by atoms with Crippen LogP contribution < -0.4 is 10.4 Å². The third-order valence-corrected chi connectivity index (χ3v) is 2.70. The van der Waals surface area contributed by atoms with E-state index in [1.807, 2.05) is 0 Å². The molecule has 2 rings (SSSR count). The monoisotopic (exact) mass is 257 g/mol. The van der Waals surface area contributed by atoms with E-state index in [-0.39, 0.29) is 0 Å². The molecule has 16 heavy (non-hydrogen) atoms. The first-order valence-electron chi connectivity index (χ1n) is 4.62. The van der Waals surface area contributed by atoms with Crippen molar-refractivity contribution >= 4 is 41.0 Å². The summed E-state index contributed by atoms with van der Waals surface area (Å²) in [6.45, 7) is 1.78. The van der Waals surface area contributed by atoms with Gasteiger partial charge in [0.05, 0.1) is 10.7 Å². The van der Waals surface area contributed by atoms with Crippen molar-refractivity contribution in [3.8, 4) is 0 Å². The molecule has 84 valence electrons.